The van der Waals surface area contributed by atoms with Crippen LogP contribution in [0.15, 0.2) is 59.1 Å². The topological polar surface area (TPSA) is 35.5 Å². The van der Waals surface area contributed by atoms with Gasteiger partial charge >= 0.3 is 5.97 Å². The number of esters is 1. The predicted octanol–water partition coefficient (Wildman–Crippen LogP) is 5.73. The fraction of sp³-hybridized carbons (Fsp3) is 0.318. The largest absolute Gasteiger partial charge is 0.487 e. The van der Waals surface area contributed by atoms with E-state index in [1.54, 1.807) is 0 Å². The molecule has 140 valence electrons. The smallest absolute Gasteiger partial charge is 0.313 e. The third kappa shape index (κ3) is 3.65. The van der Waals surface area contributed by atoms with Gasteiger partial charge in [-0.05, 0) is 54.7 Å². The first-order valence-corrected chi connectivity index (χ1v) is 10.1. The third-order valence-electron chi connectivity index (χ3n) is 5.50. The molecule has 0 radical (unpaired) electrons. The molecule has 2 aliphatic rings. The summed E-state index contributed by atoms with van der Waals surface area (Å²) >= 11 is 9.91. The number of ether oxygens (including phenoxy) is 2. The molecule has 0 amide bonds. The van der Waals surface area contributed by atoms with Crippen molar-refractivity contribution >= 4 is 33.5 Å². The quantitative estimate of drug-likeness (QED) is 0.433. The molecule has 2 unspecified atom stereocenters. The first-order chi connectivity index (χ1) is 13.0. The highest BCUT2D eigenvalue weighted by Gasteiger charge is 2.55. The monoisotopic (exact) mass is 446 g/mol. The van der Waals surface area contributed by atoms with Crippen molar-refractivity contribution in [3.8, 4) is 5.75 Å². The minimum absolute atomic E-state index is 0.0998. The summed E-state index contributed by atoms with van der Waals surface area (Å²) < 4.78 is 12.2. The standard InChI is InChI=1S/C22H20BrClO3/c1-14-7-17-13-27-21(25)22(17,10-14)11-15-5-6-20(19(24)9-15)26-12-16-3-2-4-18(23)8-16/h2-6,8-9,17H,1,7,10-13H2. The number of allylic oxidation sites excluding steroid dienone is 1. The van der Waals surface area contributed by atoms with E-state index in [-0.39, 0.29) is 11.9 Å². The van der Waals surface area contributed by atoms with Gasteiger partial charge in [0.05, 0.1) is 17.0 Å². The summed E-state index contributed by atoms with van der Waals surface area (Å²) in [5.41, 5.74) is 2.74. The second-order valence-corrected chi connectivity index (χ2v) is 8.77. The van der Waals surface area contributed by atoms with Crippen LogP contribution in [0.4, 0.5) is 0 Å². The number of carbonyl (C=O) groups is 1. The zero-order chi connectivity index (χ0) is 19.0. The lowest BCUT2D eigenvalue weighted by Crippen LogP contribution is -2.31. The van der Waals surface area contributed by atoms with E-state index < -0.39 is 5.41 Å². The average Bonchev–Trinajstić information content (AvgIpc) is 3.09. The number of benzene rings is 2. The minimum Gasteiger partial charge on any atom is -0.487 e. The van der Waals surface area contributed by atoms with Crippen molar-refractivity contribution in [2.24, 2.45) is 11.3 Å². The number of rotatable bonds is 5. The molecule has 0 spiro atoms. The first kappa shape index (κ1) is 18.6. The van der Waals surface area contributed by atoms with Crippen LogP contribution in [-0.2, 0) is 22.6 Å². The molecule has 2 aromatic rings. The Morgan fingerprint density at radius 2 is 2.11 bits per heavy atom. The maximum Gasteiger partial charge on any atom is 0.313 e. The van der Waals surface area contributed by atoms with Crippen LogP contribution in [0, 0.1) is 11.3 Å². The Balaban J connectivity index is 1.49. The van der Waals surface area contributed by atoms with Gasteiger partial charge in [0.15, 0.2) is 0 Å². The molecule has 0 bridgehead atoms. The lowest BCUT2D eigenvalue weighted by molar-refractivity contribution is -0.146. The van der Waals surface area contributed by atoms with Gasteiger partial charge in [0.25, 0.3) is 0 Å². The van der Waals surface area contributed by atoms with Crippen LogP contribution < -0.4 is 4.74 Å². The molecule has 1 aliphatic heterocycles. The highest BCUT2D eigenvalue weighted by molar-refractivity contribution is 9.10. The van der Waals surface area contributed by atoms with Crippen LogP contribution in [0.25, 0.3) is 0 Å². The van der Waals surface area contributed by atoms with E-state index in [1.807, 2.05) is 42.5 Å². The van der Waals surface area contributed by atoms with Crippen LogP contribution in [0.2, 0.25) is 5.02 Å². The van der Waals surface area contributed by atoms with Crippen molar-refractivity contribution in [2.45, 2.75) is 25.9 Å². The first-order valence-electron chi connectivity index (χ1n) is 8.96. The van der Waals surface area contributed by atoms with E-state index in [2.05, 4.69) is 22.5 Å². The molecule has 4 rings (SSSR count). The Kier molecular flexibility index (Phi) is 5.04. The summed E-state index contributed by atoms with van der Waals surface area (Å²) in [5.74, 6) is 0.764. The van der Waals surface area contributed by atoms with Gasteiger partial charge in [-0.3, -0.25) is 4.79 Å². The van der Waals surface area contributed by atoms with Gasteiger partial charge < -0.3 is 9.47 Å². The van der Waals surface area contributed by atoms with Crippen LogP contribution >= 0.6 is 27.5 Å². The molecule has 3 nitrogen and oxygen atoms in total. The van der Waals surface area contributed by atoms with Gasteiger partial charge in [-0.2, -0.15) is 0 Å². The average molecular weight is 448 g/mol. The Bertz CT molecular complexity index is 910. The normalized spacial score (nSPS) is 24.0. The van der Waals surface area contributed by atoms with E-state index in [4.69, 9.17) is 21.1 Å². The number of hydrogen-bond acceptors (Lipinski definition) is 3. The molecule has 2 fully saturated rings. The highest BCUT2D eigenvalue weighted by atomic mass is 79.9. The molecule has 5 heteroatoms. The molecule has 27 heavy (non-hydrogen) atoms. The summed E-state index contributed by atoms with van der Waals surface area (Å²) in [6, 6.07) is 13.7. The number of carbonyl (C=O) groups excluding carboxylic acids is 1. The Hall–Kier alpha value is -1.78. The van der Waals surface area contributed by atoms with Gasteiger partial charge in [-0.15, -0.1) is 0 Å². The van der Waals surface area contributed by atoms with E-state index in [0.29, 0.717) is 36.8 Å². The fourth-order valence-electron chi connectivity index (χ4n) is 4.19. The van der Waals surface area contributed by atoms with Gasteiger partial charge in [0.2, 0.25) is 0 Å². The van der Waals surface area contributed by atoms with Crippen molar-refractivity contribution in [1.82, 2.24) is 0 Å². The predicted molar refractivity (Wildman–Crippen MR) is 109 cm³/mol. The van der Waals surface area contributed by atoms with Crippen molar-refractivity contribution in [1.29, 1.82) is 0 Å². The molecular formula is C22H20BrClO3. The molecule has 0 aromatic heterocycles. The third-order valence-corrected chi connectivity index (χ3v) is 6.29. The SMILES string of the molecule is C=C1CC2COC(=O)C2(Cc2ccc(OCc3cccc(Br)c3)c(Cl)c2)C1. The molecule has 1 saturated carbocycles. The minimum atomic E-state index is -0.473. The Morgan fingerprint density at radius 3 is 2.89 bits per heavy atom. The molecule has 1 aliphatic carbocycles. The second kappa shape index (κ2) is 7.33. The summed E-state index contributed by atoms with van der Waals surface area (Å²) in [7, 11) is 0. The molecule has 1 saturated heterocycles. The highest BCUT2D eigenvalue weighted by Crippen LogP contribution is 2.52. The molecule has 2 atom stereocenters. The molecule has 0 N–H and O–H groups in total. The second-order valence-electron chi connectivity index (χ2n) is 7.44. The zero-order valence-electron chi connectivity index (χ0n) is 14.8. The van der Waals surface area contributed by atoms with Crippen molar-refractivity contribution in [2.75, 3.05) is 6.61 Å². The number of hydrogen-bond donors (Lipinski definition) is 0. The Labute approximate surface area is 172 Å². The van der Waals surface area contributed by atoms with Crippen LogP contribution in [-0.4, -0.2) is 12.6 Å². The van der Waals surface area contributed by atoms with Crippen LogP contribution in [0.5, 0.6) is 5.75 Å². The number of halogens is 2. The number of fused-ring (bicyclic) bond motifs is 1. The van der Waals surface area contributed by atoms with Crippen molar-refractivity contribution in [3.05, 3.63) is 75.2 Å². The number of cyclic esters (lactones) is 1. The van der Waals surface area contributed by atoms with Crippen molar-refractivity contribution < 1.29 is 14.3 Å². The summed E-state index contributed by atoms with van der Waals surface area (Å²) in [6.07, 6.45) is 2.20. The van der Waals surface area contributed by atoms with Crippen LogP contribution in [0.1, 0.15) is 24.0 Å². The van der Waals surface area contributed by atoms with E-state index >= 15 is 0 Å². The molecule has 2 aromatic carbocycles. The maximum absolute atomic E-state index is 12.4. The Morgan fingerprint density at radius 1 is 1.26 bits per heavy atom. The van der Waals surface area contributed by atoms with Gasteiger partial charge in [0.1, 0.15) is 12.4 Å². The fourth-order valence-corrected chi connectivity index (χ4v) is 4.89. The lowest BCUT2D eigenvalue weighted by Gasteiger charge is -2.24. The van der Waals surface area contributed by atoms with E-state index in [9.17, 15) is 4.79 Å². The van der Waals surface area contributed by atoms with Crippen LogP contribution in [0.3, 0.4) is 0 Å². The summed E-state index contributed by atoms with van der Waals surface area (Å²) in [5, 5.41) is 0.554. The van der Waals surface area contributed by atoms with E-state index in [0.717, 1.165) is 27.6 Å². The zero-order valence-corrected chi connectivity index (χ0v) is 17.2. The van der Waals surface area contributed by atoms with Gasteiger partial charge in [0, 0.05) is 10.4 Å². The lowest BCUT2D eigenvalue weighted by atomic mass is 9.75. The summed E-state index contributed by atoms with van der Waals surface area (Å²) in [4.78, 5) is 12.4. The maximum atomic E-state index is 12.4. The van der Waals surface area contributed by atoms with Gasteiger partial charge in [-0.25, -0.2) is 0 Å². The van der Waals surface area contributed by atoms with E-state index in [1.165, 1.54) is 0 Å². The van der Waals surface area contributed by atoms with Gasteiger partial charge in [-0.1, -0.05) is 57.9 Å². The molecular weight excluding hydrogens is 428 g/mol. The molecule has 1 heterocycles. The van der Waals surface area contributed by atoms with Crippen molar-refractivity contribution in [3.63, 3.8) is 0 Å². The summed E-state index contributed by atoms with van der Waals surface area (Å²) in [6.45, 7) is 5.03.